The third kappa shape index (κ3) is 7.43. The molecule has 0 spiro atoms. The second-order valence-electron chi connectivity index (χ2n) is 9.83. The van der Waals surface area contributed by atoms with Gasteiger partial charge in [-0.15, -0.1) is 0 Å². The zero-order chi connectivity index (χ0) is 27.2. The molecule has 37 heavy (non-hydrogen) atoms. The number of rotatable bonds is 11. The van der Waals surface area contributed by atoms with Gasteiger partial charge in [-0.1, -0.05) is 0 Å². The number of pyridine rings is 1. The summed E-state index contributed by atoms with van der Waals surface area (Å²) < 4.78 is 38.3. The number of anilines is 1. The van der Waals surface area contributed by atoms with E-state index < -0.39 is 10.0 Å². The van der Waals surface area contributed by atoms with Crippen LogP contribution in [-0.2, 0) is 19.6 Å². The number of sulfonamides is 1. The number of aryl methyl sites for hydroxylation is 3. The lowest BCUT2D eigenvalue weighted by Crippen LogP contribution is -2.40. The Balaban J connectivity index is 1.41. The number of methoxy groups -OCH3 is 1. The molecule has 1 fully saturated rings. The molecule has 2 heterocycles. The van der Waals surface area contributed by atoms with Crippen molar-refractivity contribution in [2.45, 2.75) is 38.5 Å². The molecule has 0 atom stereocenters. The van der Waals surface area contributed by atoms with Gasteiger partial charge in [-0.25, -0.2) is 8.42 Å². The van der Waals surface area contributed by atoms with Crippen molar-refractivity contribution in [1.29, 1.82) is 0 Å². The van der Waals surface area contributed by atoms with Crippen molar-refractivity contribution < 1.29 is 22.7 Å². The van der Waals surface area contributed by atoms with Gasteiger partial charge in [0.1, 0.15) is 12.4 Å². The molecule has 204 valence electrons. The lowest BCUT2D eigenvalue weighted by Gasteiger charge is -2.35. The fourth-order valence-corrected chi connectivity index (χ4v) is 6.32. The van der Waals surface area contributed by atoms with Crippen molar-refractivity contribution in [3.8, 4) is 5.75 Å². The monoisotopic (exact) mass is 532 g/mol. The van der Waals surface area contributed by atoms with E-state index in [9.17, 15) is 13.2 Å². The van der Waals surface area contributed by atoms with Crippen LogP contribution < -0.4 is 9.64 Å². The zero-order valence-corrected chi connectivity index (χ0v) is 23.7. The van der Waals surface area contributed by atoms with Gasteiger partial charge in [0.25, 0.3) is 0 Å². The summed E-state index contributed by atoms with van der Waals surface area (Å²) >= 11 is 0. The molecule has 1 aromatic heterocycles. The predicted molar refractivity (Wildman–Crippen MR) is 145 cm³/mol. The van der Waals surface area contributed by atoms with E-state index in [-0.39, 0.29) is 30.6 Å². The van der Waals surface area contributed by atoms with Gasteiger partial charge in [-0.05, 0) is 74.9 Å². The third-order valence-corrected chi connectivity index (χ3v) is 9.09. The summed E-state index contributed by atoms with van der Waals surface area (Å²) in [6.45, 7) is 8.33. The minimum absolute atomic E-state index is 0.0693. The second-order valence-corrected chi connectivity index (χ2v) is 11.8. The van der Waals surface area contributed by atoms with E-state index in [1.807, 2.05) is 19.2 Å². The number of ether oxygens (including phenoxy) is 2. The van der Waals surface area contributed by atoms with Gasteiger partial charge >= 0.3 is 0 Å². The van der Waals surface area contributed by atoms with E-state index >= 15 is 0 Å². The molecule has 0 N–H and O–H groups in total. The number of amides is 1. The normalized spacial score (nSPS) is 14.7. The van der Waals surface area contributed by atoms with Crippen molar-refractivity contribution >= 4 is 21.6 Å². The molecule has 10 heteroatoms. The van der Waals surface area contributed by atoms with Gasteiger partial charge in [-0.3, -0.25) is 9.78 Å². The van der Waals surface area contributed by atoms with Crippen LogP contribution in [0.2, 0.25) is 0 Å². The quantitative estimate of drug-likeness (QED) is 0.411. The van der Waals surface area contributed by atoms with Gasteiger partial charge in [0, 0.05) is 57.9 Å². The van der Waals surface area contributed by atoms with Crippen LogP contribution in [0.1, 0.15) is 29.7 Å². The van der Waals surface area contributed by atoms with Gasteiger partial charge in [0.15, 0.2) is 0 Å². The molecule has 2 aromatic rings. The van der Waals surface area contributed by atoms with Crippen LogP contribution in [0.25, 0.3) is 0 Å². The molecule has 0 unspecified atom stereocenters. The maximum absolute atomic E-state index is 13.1. The van der Waals surface area contributed by atoms with Gasteiger partial charge < -0.3 is 19.3 Å². The SMILES string of the molecule is COc1cc(C)c(S(=O)(=O)N(C)CCOCC(=O)N(C)CC2CCN(c3ccnc(C)c3)CC2)c(C)c1. The van der Waals surface area contributed by atoms with Crippen LogP contribution in [0.3, 0.4) is 0 Å². The molecule has 9 nitrogen and oxygen atoms in total. The molecule has 0 saturated carbocycles. The van der Waals surface area contributed by atoms with Gasteiger partial charge in [0.05, 0.1) is 18.6 Å². The summed E-state index contributed by atoms with van der Waals surface area (Å²) in [6.07, 6.45) is 3.89. The molecule has 0 bridgehead atoms. The number of hydrogen-bond donors (Lipinski definition) is 0. The Kier molecular flexibility index (Phi) is 9.92. The number of likely N-dealkylation sites (N-methyl/N-ethyl adjacent to an activating group) is 2. The molecular formula is C27H40N4O5S. The Morgan fingerprint density at radius 3 is 2.35 bits per heavy atom. The van der Waals surface area contributed by atoms with Crippen molar-refractivity contribution in [3.05, 3.63) is 47.3 Å². The molecule has 3 rings (SSSR count). The zero-order valence-electron chi connectivity index (χ0n) is 22.9. The molecule has 0 aliphatic carbocycles. The Hall–Kier alpha value is -2.69. The van der Waals surface area contributed by atoms with Crippen LogP contribution in [-0.4, -0.2) is 89.1 Å². The molecule has 1 aliphatic heterocycles. The first-order chi connectivity index (χ1) is 17.5. The Morgan fingerprint density at radius 1 is 1.11 bits per heavy atom. The van der Waals surface area contributed by atoms with E-state index in [1.165, 1.54) is 17.0 Å². The summed E-state index contributed by atoms with van der Waals surface area (Å²) in [7, 11) is 1.18. The topological polar surface area (TPSA) is 92.3 Å². The largest absolute Gasteiger partial charge is 0.497 e. The van der Waals surface area contributed by atoms with Crippen LogP contribution in [0, 0.1) is 26.7 Å². The van der Waals surface area contributed by atoms with E-state index in [1.54, 1.807) is 45.0 Å². The van der Waals surface area contributed by atoms with Crippen LogP contribution >= 0.6 is 0 Å². The van der Waals surface area contributed by atoms with Crippen LogP contribution in [0.15, 0.2) is 35.4 Å². The fraction of sp³-hybridized carbons (Fsp3) is 0.556. The number of benzene rings is 1. The van der Waals surface area contributed by atoms with Crippen molar-refractivity contribution in [2.75, 3.05) is 65.5 Å². The first-order valence-electron chi connectivity index (χ1n) is 12.6. The Bertz CT molecular complexity index is 1160. The molecule has 1 saturated heterocycles. The number of nitrogens with zero attached hydrogens (tertiary/aromatic N) is 4. The summed E-state index contributed by atoms with van der Waals surface area (Å²) in [6, 6.07) is 7.57. The number of hydrogen-bond acceptors (Lipinski definition) is 7. The van der Waals surface area contributed by atoms with Crippen LogP contribution in [0.4, 0.5) is 5.69 Å². The summed E-state index contributed by atoms with van der Waals surface area (Å²) in [5, 5.41) is 0. The van der Waals surface area contributed by atoms with Crippen molar-refractivity contribution in [3.63, 3.8) is 0 Å². The highest BCUT2D eigenvalue weighted by molar-refractivity contribution is 7.89. The molecule has 1 aromatic carbocycles. The maximum Gasteiger partial charge on any atom is 0.248 e. The number of carbonyl (C=O) groups excluding carboxylic acids is 1. The van der Waals surface area contributed by atoms with Crippen LogP contribution in [0.5, 0.6) is 5.75 Å². The van der Waals surface area contributed by atoms with Crippen molar-refractivity contribution in [2.24, 2.45) is 5.92 Å². The lowest BCUT2D eigenvalue weighted by molar-refractivity contribution is -0.135. The molecule has 1 aliphatic rings. The first-order valence-corrected chi connectivity index (χ1v) is 14.1. The molecule has 0 radical (unpaired) electrons. The predicted octanol–water partition coefficient (Wildman–Crippen LogP) is 3.03. The second kappa shape index (κ2) is 12.7. The van der Waals surface area contributed by atoms with Gasteiger partial charge in [0.2, 0.25) is 15.9 Å². The maximum atomic E-state index is 13.1. The van der Waals surface area contributed by atoms with Gasteiger partial charge in [-0.2, -0.15) is 4.31 Å². The molecule has 1 amide bonds. The summed E-state index contributed by atoms with van der Waals surface area (Å²) in [5.41, 5.74) is 3.47. The summed E-state index contributed by atoms with van der Waals surface area (Å²) in [5.74, 6) is 0.969. The highest BCUT2D eigenvalue weighted by atomic mass is 32.2. The first kappa shape index (κ1) is 28.9. The molecular weight excluding hydrogens is 492 g/mol. The van der Waals surface area contributed by atoms with Crippen molar-refractivity contribution in [1.82, 2.24) is 14.2 Å². The number of carbonyl (C=O) groups is 1. The highest BCUT2D eigenvalue weighted by Crippen LogP contribution is 2.28. The highest BCUT2D eigenvalue weighted by Gasteiger charge is 2.26. The third-order valence-electron chi connectivity index (χ3n) is 6.93. The summed E-state index contributed by atoms with van der Waals surface area (Å²) in [4.78, 5) is 21.2. The van der Waals surface area contributed by atoms with E-state index in [0.717, 1.165) is 31.6 Å². The average Bonchev–Trinajstić information content (AvgIpc) is 2.86. The van der Waals surface area contributed by atoms with E-state index in [4.69, 9.17) is 9.47 Å². The Morgan fingerprint density at radius 2 is 1.76 bits per heavy atom. The minimum atomic E-state index is -3.69. The standard InChI is InChI=1S/C27H40N4O5S/c1-20-15-25(35-6)16-21(2)27(20)37(33,34)30(5)13-14-36-19-26(32)29(4)18-23-8-11-31(12-9-23)24-7-10-28-22(3)17-24/h7,10,15-17,23H,8-9,11-14,18-19H2,1-6H3. The van der Waals surface area contributed by atoms with E-state index in [2.05, 4.69) is 16.0 Å². The Labute approximate surface area is 221 Å². The smallest absolute Gasteiger partial charge is 0.248 e. The minimum Gasteiger partial charge on any atom is -0.497 e. The average molecular weight is 533 g/mol. The fourth-order valence-electron chi connectivity index (χ4n) is 4.76. The lowest BCUT2D eigenvalue weighted by atomic mass is 9.96. The van der Waals surface area contributed by atoms with E-state index in [0.29, 0.717) is 29.3 Å². The number of aromatic nitrogens is 1. The number of piperidine rings is 1.